The molecule has 1 atom stereocenters. The third-order valence-corrected chi connectivity index (χ3v) is 5.60. The van der Waals surface area contributed by atoms with Crippen LogP contribution in [-0.4, -0.2) is 51.2 Å². The van der Waals surface area contributed by atoms with E-state index in [2.05, 4.69) is 27.6 Å². The molecular weight excluding hydrogens is 343 g/mol. The molecule has 1 saturated carbocycles. The first-order chi connectivity index (χ1) is 13.0. The fraction of sp³-hybridized carbons (Fsp3) is 0.667. The molecule has 3 rings (SSSR count). The zero-order valence-corrected chi connectivity index (χ0v) is 16.8. The molecule has 2 aliphatic rings. The van der Waals surface area contributed by atoms with Crippen LogP contribution >= 0.6 is 0 Å². The molecule has 1 aromatic rings. The molecule has 2 fully saturated rings. The maximum Gasteiger partial charge on any atom is 0.191 e. The van der Waals surface area contributed by atoms with Crippen molar-refractivity contribution in [3.63, 3.8) is 0 Å². The molecule has 2 N–H and O–H groups in total. The standard InChI is InChI=1S/C21H33FN4O/c1-15(18-6-7-20(19(22)12-18)27-14-17-4-5-17)25-21(23-2)24-13-16-8-10-26(3)11-9-16/h6-7,12,15-17H,4-5,8-11,13-14H2,1-3H3,(H2,23,24,25). The highest BCUT2D eigenvalue weighted by Crippen LogP contribution is 2.30. The van der Waals surface area contributed by atoms with Crippen LogP contribution in [0.5, 0.6) is 5.75 Å². The number of benzene rings is 1. The number of hydrogen-bond acceptors (Lipinski definition) is 3. The first-order valence-corrected chi connectivity index (χ1v) is 10.1. The van der Waals surface area contributed by atoms with Crippen LogP contribution in [-0.2, 0) is 0 Å². The maximum atomic E-state index is 14.3. The Morgan fingerprint density at radius 2 is 2.00 bits per heavy atom. The second kappa shape index (κ2) is 9.40. The van der Waals surface area contributed by atoms with Gasteiger partial charge in [-0.3, -0.25) is 4.99 Å². The van der Waals surface area contributed by atoms with Crippen LogP contribution in [0.2, 0.25) is 0 Å². The highest BCUT2D eigenvalue weighted by Gasteiger charge is 2.23. The Labute approximate surface area is 162 Å². The molecule has 150 valence electrons. The van der Waals surface area contributed by atoms with E-state index in [1.807, 2.05) is 13.0 Å². The van der Waals surface area contributed by atoms with Gasteiger partial charge in [0.05, 0.1) is 12.6 Å². The van der Waals surface area contributed by atoms with Gasteiger partial charge in [0.25, 0.3) is 0 Å². The van der Waals surface area contributed by atoms with Crippen molar-refractivity contribution >= 4 is 5.96 Å². The number of ether oxygens (including phenoxy) is 1. The summed E-state index contributed by atoms with van der Waals surface area (Å²) in [4.78, 5) is 6.69. The minimum Gasteiger partial charge on any atom is -0.490 e. The number of piperidine rings is 1. The predicted molar refractivity (Wildman–Crippen MR) is 108 cm³/mol. The number of aliphatic imine (C=N–C) groups is 1. The molecule has 0 spiro atoms. The topological polar surface area (TPSA) is 48.9 Å². The average molecular weight is 377 g/mol. The highest BCUT2D eigenvalue weighted by atomic mass is 19.1. The van der Waals surface area contributed by atoms with Crippen LogP contribution in [0.4, 0.5) is 4.39 Å². The quantitative estimate of drug-likeness (QED) is 0.567. The van der Waals surface area contributed by atoms with E-state index in [4.69, 9.17) is 4.74 Å². The van der Waals surface area contributed by atoms with Gasteiger partial charge in [0.15, 0.2) is 17.5 Å². The molecule has 1 saturated heterocycles. The van der Waals surface area contributed by atoms with Crippen molar-refractivity contribution < 1.29 is 9.13 Å². The van der Waals surface area contributed by atoms with Gasteiger partial charge in [-0.2, -0.15) is 0 Å². The summed E-state index contributed by atoms with van der Waals surface area (Å²) >= 11 is 0. The van der Waals surface area contributed by atoms with E-state index in [1.165, 1.54) is 25.7 Å². The van der Waals surface area contributed by atoms with Gasteiger partial charge in [-0.05, 0) is 82.3 Å². The molecule has 1 aliphatic carbocycles. The average Bonchev–Trinajstić information content (AvgIpc) is 3.49. The molecule has 0 aromatic heterocycles. The number of nitrogens with one attached hydrogen (secondary N) is 2. The Balaban J connectivity index is 1.48. The van der Waals surface area contributed by atoms with Gasteiger partial charge >= 0.3 is 0 Å². The maximum absolute atomic E-state index is 14.3. The van der Waals surface area contributed by atoms with E-state index in [-0.39, 0.29) is 11.9 Å². The summed E-state index contributed by atoms with van der Waals surface area (Å²) in [5, 5.41) is 6.78. The van der Waals surface area contributed by atoms with Crippen molar-refractivity contribution in [2.75, 3.05) is 40.3 Å². The molecular formula is C21H33FN4O. The minimum absolute atomic E-state index is 0.0410. The zero-order chi connectivity index (χ0) is 19.2. The Morgan fingerprint density at radius 1 is 1.26 bits per heavy atom. The number of guanidine groups is 1. The third-order valence-electron chi connectivity index (χ3n) is 5.60. The predicted octanol–water partition coefficient (Wildman–Crippen LogP) is 3.18. The van der Waals surface area contributed by atoms with Crippen molar-refractivity contribution in [3.05, 3.63) is 29.6 Å². The van der Waals surface area contributed by atoms with Gasteiger partial charge in [0.1, 0.15) is 0 Å². The van der Waals surface area contributed by atoms with Crippen molar-refractivity contribution in [1.29, 1.82) is 0 Å². The Bertz CT molecular complexity index is 639. The van der Waals surface area contributed by atoms with Crippen molar-refractivity contribution in [3.8, 4) is 5.75 Å². The van der Waals surface area contributed by atoms with Crippen LogP contribution in [0, 0.1) is 17.7 Å². The number of rotatable bonds is 7. The fourth-order valence-electron chi connectivity index (χ4n) is 3.39. The van der Waals surface area contributed by atoms with E-state index in [0.29, 0.717) is 24.2 Å². The number of halogens is 1. The number of nitrogens with zero attached hydrogens (tertiary/aromatic N) is 2. The summed E-state index contributed by atoms with van der Waals surface area (Å²) in [5.41, 5.74) is 0.883. The normalized spacial score (nSPS) is 20.4. The monoisotopic (exact) mass is 376 g/mol. The summed E-state index contributed by atoms with van der Waals surface area (Å²) < 4.78 is 19.9. The summed E-state index contributed by atoms with van der Waals surface area (Å²) in [7, 11) is 3.94. The van der Waals surface area contributed by atoms with Crippen LogP contribution in [0.15, 0.2) is 23.2 Å². The van der Waals surface area contributed by atoms with E-state index < -0.39 is 0 Å². The van der Waals surface area contributed by atoms with E-state index >= 15 is 0 Å². The van der Waals surface area contributed by atoms with E-state index in [0.717, 1.165) is 31.2 Å². The molecule has 1 unspecified atom stereocenters. The van der Waals surface area contributed by atoms with Gasteiger partial charge in [-0.15, -0.1) is 0 Å². The first-order valence-electron chi connectivity index (χ1n) is 10.1. The molecule has 1 heterocycles. The third kappa shape index (κ3) is 6.09. The Hall–Kier alpha value is -1.82. The lowest BCUT2D eigenvalue weighted by atomic mass is 9.97. The second-order valence-corrected chi connectivity index (χ2v) is 8.01. The molecule has 1 aliphatic heterocycles. The smallest absolute Gasteiger partial charge is 0.191 e. The van der Waals surface area contributed by atoms with Gasteiger partial charge in [0.2, 0.25) is 0 Å². The van der Waals surface area contributed by atoms with E-state index in [9.17, 15) is 4.39 Å². The fourth-order valence-corrected chi connectivity index (χ4v) is 3.39. The lowest BCUT2D eigenvalue weighted by Gasteiger charge is -2.29. The second-order valence-electron chi connectivity index (χ2n) is 8.01. The molecule has 0 amide bonds. The van der Waals surface area contributed by atoms with Crippen molar-refractivity contribution in [1.82, 2.24) is 15.5 Å². The SMILES string of the molecule is CN=C(NCC1CCN(C)CC1)NC(C)c1ccc(OCC2CC2)c(F)c1. The van der Waals surface area contributed by atoms with Crippen LogP contribution in [0.25, 0.3) is 0 Å². The highest BCUT2D eigenvalue weighted by molar-refractivity contribution is 5.80. The Morgan fingerprint density at radius 3 is 2.63 bits per heavy atom. The molecule has 0 radical (unpaired) electrons. The summed E-state index contributed by atoms with van der Waals surface area (Å²) in [5.74, 6) is 2.11. The summed E-state index contributed by atoms with van der Waals surface area (Å²) in [6.45, 7) is 5.87. The van der Waals surface area contributed by atoms with Crippen LogP contribution in [0.1, 0.15) is 44.2 Å². The first kappa shape index (κ1) is 19.9. The van der Waals surface area contributed by atoms with Crippen molar-refractivity contribution in [2.24, 2.45) is 16.8 Å². The molecule has 1 aromatic carbocycles. The number of hydrogen-bond donors (Lipinski definition) is 2. The summed E-state index contributed by atoms with van der Waals surface area (Å²) in [6, 6.07) is 5.18. The lowest BCUT2D eigenvalue weighted by molar-refractivity contribution is 0.220. The zero-order valence-electron chi connectivity index (χ0n) is 16.8. The molecule has 5 nitrogen and oxygen atoms in total. The lowest BCUT2D eigenvalue weighted by Crippen LogP contribution is -2.43. The largest absolute Gasteiger partial charge is 0.490 e. The molecule has 0 bridgehead atoms. The van der Waals surface area contributed by atoms with Crippen LogP contribution in [0.3, 0.4) is 0 Å². The summed E-state index contributed by atoms with van der Waals surface area (Å²) in [6.07, 6.45) is 4.82. The number of likely N-dealkylation sites (tertiary alicyclic amines) is 1. The van der Waals surface area contributed by atoms with Gasteiger partial charge < -0.3 is 20.3 Å². The van der Waals surface area contributed by atoms with E-state index in [1.54, 1.807) is 19.2 Å². The van der Waals surface area contributed by atoms with Gasteiger partial charge in [-0.25, -0.2) is 4.39 Å². The molecule has 27 heavy (non-hydrogen) atoms. The van der Waals surface area contributed by atoms with Gasteiger partial charge in [0, 0.05) is 13.6 Å². The minimum atomic E-state index is -0.295. The van der Waals surface area contributed by atoms with Crippen LogP contribution < -0.4 is 15.4 Å². The molecule has 6 heteroatoms. The Kier molecular flexibility index (Phi) is 6.94. The van der Waals surface area contributed by atoms with Crippen molar-refractivity contribution in [2.45, 2.75) is 38.6 Å². The van der Waals surface area contributed by atoms with Gasteiger partial charge in [-0.1, -0.05) is 6.07 Å².